The number of aromatic nitrogens is 5. The molecule has 0 aliphatic heterocycles. The molecule has 0 bridgehead atoms. The molecular weight excluding hydrogens is 507 g/mol. The molecule has 2 aliphatic carbocycles. The van der Waals surface area contributed by atoms with Crippen LogP contribution in [0.15, 0.2) is 54.9 Å². The number of anilines is 1. The van der Waals surface area contributed by atoms with Gasteiger partial charge in [-0.1, -0.05) is 29.8 Å². The maximum absolute atomic E-state index is 13.5. The van der Waals surface area contributed by atoms with Gasteiger partial charge in [0.25, 0.3) is 5.91 Å². The van der Waals surface area contributed by atoms with Gasteiger partial charge in [-0.2, -0.15) is 5.10 Å². The van der Waals surface area contributed by atoms with E-state index in [1.165, 1.54) is 18.2 Å². The van der Waals surface area contributed by atoms with Gasteiger partial charge in [-0.25, -0.2) is 19.0 Å². The number of fused-ring (bicyclic) bond motifs is 1. The fourth-order valence-electron chi connectivity index (χ4n) is 6.32. The molecule has 8 nitrogen and oxygen atoms in total. The lowest BCUT2D eigenvalue weighted by atomic mass is 9.91. The molecule has 0 radical (unpaired) electrons. The summed E-state index contributed by atoms with van der Waals surface area (Å²) >= 11 is 5.88. The zero-order chi connectivity index (χ0) is 26.6. The number of halogens is 2. The van der Waals surface area contributed by atoms with Crippen molar-refractivity contribution in [3.8, 4) is 5.69 Å². The molecule has 1 amide bonds. The Kier molecular flexibility index (Phi) is 6.07. The number of aliphatic hydroxyl groups is 1. The van der Waals surface area contributed by atoms with E-state index in [9.17, 15) is 14.3 Å². The fourth-order valence-corrected chi connectivity index (χ4v) is 6.50. The summed E-state index contributed by atoms with van der Waals surface area (Å²) in [5.74, 6) is 1.01. The second-order valence-electron chi connectivity index (χ2n) is 10.5. The van der Waals surface area contributed by atoms with Crippen LogP contribution < -0.4 is 5.32 Å². The van der Waals surface area contributed by atoms with Gasteiger partial charge >= 0.3 is 0 Å². The van der Waals surface area contributed by atoms with Crippen LogP contribution in [0.1, 0.15) is 59.4 Å². The van der Waals surface area contributed by atoms with Crippen molar-refractivity contribution in [3.63, 3.8) is 0 Å². The van der Waals surface area contributed by atoms with Gasteiger partial charge in [0.1, 0.15) is 22.9 Å². The van der Waals surface area contributed by atoms with E-state index in [1.807, 2.05) is 37.3 Å². The van der Waals surface area contributed by atoms with Crippen LogP contribution in [0.25, 0.3) is 5.69 Å². The summed E-state index contributed by atoms with van der Waals surface area (Å²) < 4.78 is 17.0. The highest BCUT2D eigenvalue weighted by atomic mass is 35.5. The molecule has 2 atom stereocenters. The Morgan fingerprint density at radius 3 is 2.55 bits per heavy atom. The Morgan fingerprint density at radius 1 is 1.16 bits per heavy atom. The van der Waals surface area contributed by atoms with E-state index in [-0.39, 0.29) is 28.7 Å². The number of hydrogen-bond acceptors (Lipinski definition) is 5. The predicted octanol–water partition coefficient (Wildman–Crippen LogP) is 5.15. The third-order valence-corrected chi connectivity index (χ3v) is 8.21. The molecule has 2 heterocycles. The summed E-state index contributed by atoms with van der Waals surface area (Å²) in [5, 5.41) is 19.1. The number of aryl methyl sites for hydroxylation is 2. The number of benzene rings is 2. The van der Waals surface area contributed by atoms with Gasteiger partial charge in [0, 0.05) is 18.7 Å². The maximum Gasteiger partial charge on any atom is 0.274 e. The molecule has 10 heteroatoms. The van der Waals surface area contributed by atoms with Gasteiger partial charge < -0.3 is 15.0 Å². The van der Waals surface area contributed by atoms with E-state index in [4.69, 9.17) is 11.6 Å². The molecule has 2 aromatic carbocycles. The SMILES string of the molecule is Cc1nc(C2(O)CC3CC(c4ncn(C)c4C(=O)Nc4ccc(F)c(Cl)c4)CC3C2)n(-c2ccccc2)n1. The van der Waals surface area contributed by atoms with Crippen molar-refractivity contribution in [2.45, 2.75) is 44.1 Å². The lowest BCUT2D eigenvalue weighted by Crippen LogP contribution is -2.28. The van der Waals surface area contributed by atoms with E-state index in [0.717, 1.165) is 24.2 Å². The summed E-state index contributed by atoms with van der Waals surface area (Å²) in [6.07, 6.45) is 4.47. The van der Waals surface area contributed by atoms with Crippen LogP contribution in [0, 0.1) is 24.6 Å². The quantitative estimate of drug-likeness (QED) is 0.369. The molecule has 2 aliphatic rings. The highest BCUT2D eigenvalue weighted by molar-refractivity contribution is 6.31. The maximum atomic E-state index is 13.5. The van der Waals surface area contributed by atoms with Crippen molar-refractivity contribution in [1.29, 1.82) is 0 Å². The predicted molar refractivity (Wildman–Crippen MR) is 141 cm³/mol. The molecule has 4 aromatic rings. The van der Waals surface area contributed by atoms with Crippen LogP contribution in [0.5, 0.6) is 0 Å². The zero-order valence-corrected chi connectivity index (χ0v) is 21.9. The summed E-state index contributed by atoms with van der Waals surface area (Å²) in [6, 6.07) is 13.8. The first kappa shape index (κ1) is 24.8. The minimum absolute atomic E-state index is 0.0533. The van der Waals surface area contributed by atoms with Crippen molar-refractivity contribution in [2.24, 2.45) is 18.9 Å². The smallest absolute Gasteiger partial charge is 0.274 e. The van der Waals surface area contributed by atoms with Gasteiger partial charge in [-0.15, -0.1) is 0 Å². The molecule has 0 spiro atoms. The second-order valence-corrected chi connectivity index (χ2v) is 10.9. The van der Waals surface area contributed by atoms with E-state index in [2.05, 4.69) is 20.4 Å². The molecule has 38 heavy (non-hydrogen) atoms. The lowest BCUT2D eigenvalue weighted by Gasteiger charge is -2.24. The van der Waals surface area contributed by atoms with Gasteiger partial charge in [-0.05, 0) is 74.8 Å². The molecule has 6 rings (SSSR count). The van der Waals surface area contributed by atoms with Crippen molar-refractivity contribution >= 4 is 23.2 Å². The first-order chi connectivity index (χ1) is 18.2. The number of para-hydroxylation sites is 1. The van der Waals surface area contributed by atoms with Gasteiger partial charge in [0.05, 0.1) is 22.7 Å². The molecule has 2 unspecified atom stereocenters. The number of imidazole rings is 1. The molecule has 2 fully saturated rings. The third kappa shape index (κ3) is 4.29. The molecule has 196 valence electrons. The molecule has 2 saturated carbocycles. The van der Waals surface area contributed by atoms with Crippen molar-refractivity contribution < 1.29 is 14.3 Å². The van der Waals surface area contributed by atoms with E-state index in [1.54, 1.807) is 22.6 Å². The van der Waals surface area contributed by atoms with Crippen LogP contribution in [-0.4, -0.2) is 35.3 Å². The number of amides is 1. The monoisotopic (exact) mass is 534 g/mol. The average molecular weight is 535 g/mol. The molecule has 0 saturated heterocycles. The van der Waals surface area contributed by atoms with Gasteiger partial charge in [0.2, 0.25) is 0 Å². The first-order valence-electron chi connectivity index (χ1n) is 12.7. The Labute approximate surface area is 224 Å². The minimum Gasteiger partial charge on any atom is -0.382 e. The highest BCUT2D eigenvalue weighted by Gasteiger charge is 2.52. The van der Waals surface area contributed by atoms with Gasteiger partial charge in [0.15, 0.2) is 5.82 Å². The molecular formula is C28H28ClFN6O2. The van der Waals surface area contributed by atoms with Crippen LogP contribution in [0.4, 0.5) is 10.1 Å². The lowest BCUT2D eigenvalue weighted by molar-refractivity contribution is 0.0232. The summed E-state index contributed by atoms with van der Waals surface area (Å²) in [6.45, 7) is 1.84. The number of carbonyl (C=O) groups excluding carboxylic acids is 1. The van der Waals surface area contributed by atoms with Crippen LogP contribution in [0.2, 0.25) is 5.02 Å². The van der Waals surface area contributed by atoms with E-state index < -0.39 is 11.4 Å². The normalized spacial score (nSPS) is 24.5. The Bertz CT molecular complexity index is 1500. The average Bonchev–Trinajstić information content (AvgIpc) is 3.63. The standard InChI is InChI=1S/C28H28ClFN6O2/c1-16-32-27(36(34-16)21-6-4-3-5-7-21)28(38)13-18-10-17(11-19(18)14-28)24-25(35(2)15-31-24)26(37)33-20-8-9-23(30)22(29)12-20/h3-9,12,15,17-19,38H,10-11,13-14H2,1-2H3,(H,33,37). The van der Waals surface area contributed by atoms with Crippen molar-refractivity contribution in [3.05, 3.63) is 88.7 Å². The fraction of sp³-hybridized carbons (Fsp3) is 0.357. The van der Waals surface area contributed by atoms with Gasteiger partial charge in [-0.3, -0.25) is 4.79 Å². The summed E-state index contributed by atoms with van der Waals surface area (Å²) in [7, 11) is 1.79. The molecule has 2 N–H and O–H groups in total. The number of carbonyl (C=O) groups is 1. The number of nitrogens with one attached hydrogen (secondary N) is 1. The van der Waals surface area contributed by atoms with E-state index in [0.29, 0.717) is 35.9 Å². The van der Waals surface area contributed by atoms with E-state index >= 15 is 0 Å². The Morgan fingerprint density at radius 2 is 1.87 bits per heavy atom. The Balaban J connectivity index is 1.21. The zero-order valence-electron chi connectivity index (χ0n) is 21.1. The number of nitrogens with zero attached hydrogens (tertiary/aromatic N) is 5. The largest absolute Gasteiger partial charge is 0.382 e. The Hall–Kier alpha value is -3.56. The number of hydrogen-bond donors (Lipinski definition) is 2. The minimum atomic E-state index is -1.07. The van der Waals surface area contributed by atoms with Crippen LogP contribution in [0.3, 0.4) is 0 Å². The summed E-state index contributed by atoms with van der Waals surface area (Å²) in [4.78, 5) is 22.4. The number of rotatable bonds is 5. The molecule has 2 aromatic heterocycles. The summed E-state index contributed by atoms with van der Waals surface area (Å²) in [5.41, 5.74) is 1.45. The van der Waals surface area contributed by atoms with Crippen molar-refractivity contribution in [2.75, 3.05) is 5.32 Å². The highest BCUT2D eigenvalue weighted by Crippen LogP contribution is 2.56. The van der Waals surface area contributed by atoms with Crippen LogP contribution >= 0.6 is 11.6 Å². The first-order valence-corrected chi connectivity index (χ1v) is 13.1. The second kappa shape index (κ2) is 9.32. The topological polar surface area (TPSA) is 97.9 Å². The third-order valence-electron chi connectivity index (χ3n) is 7.92. The van der Waals surface area contributed by atoms with Crippen molar-refractivity contribution in [1.82, 2.24) is 24.3 Å². The van der Waals surface area contributed by atoms with Crippen LogP contribution in [-0.2, 0) is 12.6 Å².